The number of amides is 5. The van der Waals surface area contributed by atoms with Gasteiger partial charge in [0.2, 0.25) is 29.5 Å². The molecule has 0 spiro atoms. The molecule has 1 aliphatic carbocycles. The number of nitrogens with zero attached hydrogens (tertiary/aromatic N) is 1. The fourth-order valence-electron chi connectivity index (χ4n) is 4.45. The maximum absolute atomic E-state index is 13.4. The van der Waals surface area contributed by atoms with Crippen LogP contribution in [0.2, 0.25) is 0 Å². The van der Waals surface area contributed by atoms with Gasteiger partial charge in [0.25, 0.3) is 0 Å². The van der Waals surface area contributed by atoms with Gasteiger partial charge in [0, 0.05) is 6.04 Å². The minimum absolute atomic E-state index is 0.0431. The van der Waals surface area contributed by atoms with Crippen molar-refractivity contribution in [3.63, 3.8) is 0 Å². The van der Waals surface area contributed by atoms with Crippen LogP contribution in [0.3, 0.4) is 0 Å². The lowest BCUT2D eigenvalue weighted by Gasteiger charge is -2.40. The van der Waals surface area contributed by atoms with Gasteiger partial charge in [-0.15, -0.1) is 0 Å². The van der Waals surface area contributed by atoms with Gasteiger partial charge >= 0.3 is 0 Å². The third kappa shape index (κ3) is 8.01. The molecule has 0 bridgehead atoms. The zero-order valence-corrected chi connectivity index (χ0v) is 20.2. The van der Waals surface area contributed by atoms with Crippen molar-refractivity contribution < 1.29 is 24.0 Å². The van der Waals surface area contributed by atoms with Gasteiger partial charge in [-0.1, -0.05) is 47.0 Å². The van der Waals surface area contributed by atoms with Crippen molar-refractivity contribution in [3.05, 3.63) is 0 Å². The Morgan fingerprint density at radius 1 is 0.909 bits per heavy atom. The number of nitrogens with one attached hydrogen (secondary N) is 4. The quantitative estimate of drug-likeness (QED) is 0.440. The van der Waals surface area contributed by atoms with Crippen molar-refractivity contribution in [2.45, 2.75) is 84.3 Å². The zero-order chi connectivity index (χ0) is 24.5. The minimum atomic E-state index is -0.953. The van der Waals surface area contributed by atoms with Gasteiger partial charge in [0.05, 0.1) is 19.6 Å². The molecule has 2 atom stereocenters. The van der Waals surface area contributed by atoms with E-state index in [9.17, 15) is 24.0 Å². The summed E-state index contributed by atoms with van der Waals surface area (Å²) in [6.45, 7) is 6.54. The zero-order valence-electron chi connectivity index (χ0n) is 20.2. The molecule has 2 rings (SSSR count). The van der Waals surface area contributed by atoms with Gasteiger partial charge in [-0.25, -0.2) is 0 Å². The van der Waals surface area contributed by atoms with Crippen LogP contribution in [0.4, 0.5) is 0 Å². The maximum atomic E-state index is 13.4. The Kier molecular flexibility index (Phi) is 10.1. The fraction of sp³-hybridized carbons (Fsp3) is 0.783. The van der Waals surface area contributed by atoms with Crippen molar-refractivity contribution in [1.82, 2.24) is 26.2 Å². The summed E-state index contributed by atoms with van der Waals surface area (Å²) in [6.07, 6.45) is 5.34. The molecular weight excluding hydrogens is 426 g/mol. The first-order valence-electron chi connectivity index (χ1n) is 12.0. The monoisotopic (exact) mass is 465 g/mol. The molecule has 1 saturated heterocycles. The maximum Gasteiger partial charge on any atom is 0.243 e. The summed E-state index contributed by atoms with van der Waals surface area (Å²) < 4.78 is 0. The highest BCUT2D eigenvalue weighted by Crippen LogP contribution is 2.23. The standard InChI is InChI=1S/C23H39N5O5/c1-14(2)10-17-22(32)26-12-19(30)24-11-18(29)25-13-20(31)28(17)21(15(3)4)23(33)27-16-8-6-5-7-9-16/h14-17,21H,5-13H2,1-4H3,(H,24,30)(H,25,29)(H,26,32)(H,27,33)/t17-,21?/m0/s1. The Morgan fingerprint density at radius 2 is 1.48 bits per heavy atom. The van der Waals surface area contributed by atoms with Crippen molar-refractivity contribution in [2.24, 2.45) is 11.8 Å². The summed E-state index contributed by atoms with van der Waals surface area (Å²) in [4.78, 5) is 65.4. The second-order valence-electron chi connectivity index (χ2n) is 9.75. The van der Waals surface area contributed by atoms with E-state index in [4.69, 9.17) is 0 Å². The molecule has 33 heavy (non-hydrogen) atoms. The molecule has 186 valence electrons. The minimum Gasteiger partial charge on any atom is -0.352 e. The van der Waals surface area contributed by atoms with E-state index in [2.05, 4.69) is 21.3 Å². The first-order chi connectivity index (χ1) is 15.6. The van der Waals surface area contributed by atoms with Gasteiger partial charge in [-0.3, -0.25) is 24.0 Å². The average molecular weight is 466 g/mol. The van der Waals surface area contributed by atoms with E-state index in [1.165, 1.54) is 4.90 Å². The molecule has 1 unspecified atom stereocenters. The number of hydrogen-bond acceptors (Lipinski definition) is 5. The van der Waals surface area contributed by atoms with Crippen LogP contribution in [-0.2, 0) is 24.0 Å². The Morgan fingerprint density at radius 3 is 2.06 bits per heavy atom. The van der Waals surface area contributed by atoms with E-state index in [1.807, 2.05) is 27.7 Å². The van der Waals surface area contributed by atoms with E-state index in [1.54, 1.807) is 0 Å². The molecule has 10 nitrogen and oxygen atoms in total. The Balaban J connectivity index is 2.40. The van der Waals surface area contributed by atoms with E-state index >= 15 is 0 Å². The van der Waals surface area contributed by atoms with Crippen LogP contribution in [0.25, 0.3) is 0 Å². The lowest BCUT2D eigenvalue weighted by atomic mass is 9.92. The Hall–Kier alpha value is -2.65. The third-order valence-electron chi connectivity index (χ3n) is 6.08. The van der Waals surface area contributed by atoms with Gasteiger partial charge < -0.3 is 26.2 Å². The molecule has 0 radical (unpaired) electrons. The largest absolute Gasteiger partial charge is 0.352 e. The Bertz CT molecular complexity index is 733. The summed E-state index contributed by atoms with van der Waals surface area (Å²) in [5.74, 6) is -2.53. The van der Waals surface area contributed by atoms with Crippen molar-refractivity contribution >= 4 is 29.5 Å². The third-order valence-corrected chi connectivity index (χ3v) is 6.08. The van der Waals surface area contributed by atoms with Crippen LogP contribution in [-0.4, -0.2) is 72.2 Å². The highest BCUT2D eigenvalue weighted by Gasteiger charge is 2.41. The first kappa shape index (κ1) is 26.6. The van der Waals surface area contributed by atoms with Crippen LogP contribution in [0.5, 0.6) is 0 Å². The lowest BCUT2D eigenvalue weighted by molar-refractivity contribution is -0.150. The van der Waals surface area contributed by atoms with E-state index < -0.39 is 35.7 Å². The second-order valence-corrected chi connectivity index (χ2v) is 9.75. The second kappa shape index (κ2) is 12.6. The normalized spacial score (nSPS) is 22.7. The highest BCUT2D eigenvalue weighted by molar-refractivity contribution is 5.96. The van der Waals surface area contributed by atoms with Gasteiger partial charge in [0.1, 0.15) is 12.1 Å². The van der Waals surface area contributed by atoms with Crippen LogP contribution in [0, 0.1) is 11.8 Å². The molecular formula is C23H39N5O5. The summed E-state index contributed by atoms with van der Waals surface area (Å²) in [7, 11) is 0. The number of hydrogen-bond donors (Lipinski definition) is 4. The molecule has 4 N–H and O–H groups in total. The van der Waals surface area contributed by atoms with Crippen LogP contribution in [0.15, 0.2) is 0 Å². The molecule has 2 fully saturated rings. The summed E-state index contributed by atoms with van der Waals surface area (Å²) >= 11 is 0. The Labute approximate surface area is 196 Å². The van der Waals surface area contributed by atoms with Crippen molar-refractivity contribution in [1.29, 1.82) is 0 Å². The van der Waals surface area contributed by atoms with E-state index in [0.29, 0.717) is 6.42 Å². The average Bonchev–Trinajstić information content (AvgIpc) is 2.76. The molecule has 1 heterocycles. The smallest absolute Gasteiger partial charge is 0.243 e. The van der Waals surface area contributed by atoms with Gasteiger partial charge in [0.15, 0.2) is 0 Å². The van der Waals surface area contributed by atoms with E-state index in [-0.39, 0.29) is 43.4 Å². The topological polar surface area (TPSA) is 137 Å². The van der Waals surface area contributed by atoms with Gasteiger partial charge in [-0.05, 0) is 31.1 Å². The number of carbonyl (C=O) groups excluding carboxylic acids is 5. The molecule has 0 aromatic heterocycles. The molecule has 1 saturated carbocycles. The van der Waals surface area contributed by atoms with Crippen molar-refractivity contribution in [2.75, 3.05) is 19.6 Å². The fourth-order valence-corrected chi connectivity index (χ4v) is 4.45. The SMILES string of the molecule is CC(C)C[C@H]1C(=O)NCC(=O)NCC(=O)NCC(=O)N1C(C(=O)NC1CCCCC1)C(C)C. The predicted molar refractivity (Wildman–Crippen MR) is 123 cm³/mol. The molecule has 1 aliphatic heterocycles. The number of carbonyl (C=O) groups is 5. The van der Waals surface area contributed by atoms with Crippen LogP contribution < -0.4 is 21.3 Å². The van der Waals surface area contributed by atoms with Gasteiger partial charge in [-0.2, -0.15) is 0 Å². The predicted octanol–water partition coefficient (Wildman–Crippen LogP) is 0.0654. The summed E-state index contributed by atoms with van der Waals surface area (Å²) in [5.41, 5.74) is 0. The summed E-state index contributed by atoms with van der Waals surface area (Å²) in [6, 6.07) is -1.79. The van der Waals surface area contributed by atoms with E-state index in [0.717, 1.165) is 32.1 Å². The van der Waals surface area contributed by atoms with Crippen LogP contribution in [0.1, 0.15) is 66.2 Å². The first-order valence-corrected chi connectivity index (χ1v) is 12.0. The molecule has 2 aliphatic rings. The molecule has 0 aromatic rings. The molecule has 5 amide bonds. The molecule has 10 heteroatoms. The lowest BCUT2D eigenvalue weighted by Crippen LogP contribution is -2.63. The van der Waals surface area contributed by atoms with Crippen LogP contribution >= 0.6 is 0 Å². The molecule has 0 aromatic carbocycles. The highest BCUT2D eigenvalue weighted by atomic mass is 16.2. The number of rotatable bonds is 6. The van der Waals surface area contributed by atoms with Crippen molar-refractivity contribution in [3.8, 4) is 0 Å². The summed E-state index contributed by atoms with van der Waals surface area (Å²) in [5, 5.41) is 10.6.